The molecule has 1 aliphatic rings. The third-order valence-corrected chi connectivity index (χ3v) is 6.65. The van der Waals surface area contributed by atoms with E-state index in [0.29, 0.717) is 33.7 Å². The van der Waals surface area contributed by atoms with Crippen LogP contribution < -0.4 is 15.0 Å². The van der Waals surface area contributed by atoms with Crippen molar-refractivity contribution in [3.63, 3.8) is 0 Å². The number of ether oxygens (including phenoxy) is 1. The number of nitrogens with one attached hydrogen (secondary N) is 1. The van der Waals surface area contributed by atoms with Gasteiger partial charge in [-0.05, 0) is 48.7 Å². The number of methoxy groups -OCH3 is 1. The van der Waals surface area contributed by atoms with E-state index in [9.17, 15) is 14.0 Å². The lowest BCUT2D eigenvalue weighted by Crippen LogP contribution is -2.24. The minimum absolute atomic E-state index is 0.0592. The Morgan fingerprint density at radius 3 is 2.74 bits per heavy atom. The van der Waals surface area contributed by atoms with Gasteiger partial charge in [-0.15, -0.1) is 22.0 Å². The Bertz CT molecular complexity index is 1120. The number of amides is 2. The molecule has 1 unspecified atom stereocenters. The van der Waals surface area contributed by atoms with E-state index in [4.69, 9.17) is 4.74 Å². The van der Waals surface area contributed by atoms with Crippen LogP contribution in [0.1, 0.15) is 27.7 Å². The first kappa shape index (κ1) is 21.3. The molecular formula is C21H19FN4O3S2. The van der Waals surface area contributed by atoms with Crippen molar-refractivity contribution in [2.45, 2.75) is 17.2 Å². The summed E-state index contributed by atoms with van der Waals surface area (Å²) in [5.74, 6) is -0.420. The Morgan fingerprint density at radius 2 is 2.03 bits per heavy atom. The molecule has 0 spiro atoms. The van der Waals surface area contributed by atoms with Crippen molar-refractivity contribution in [2.24, 2.45) is 0 Å². The average molecular weight is 459 g/mol. The number of rotatable bonds is 6. The lowest BCUT2D eigenvalue weighted by molar-refractivity contribution is -0.117. The van der Waals surface area contributed by atoms with Gasteiger partial charge in [0, 0.05) is 29.5 Å². The molecule has 1 aromatic heterocycles. The van der Waals surface area contributed by atoms with Crippen LogP contribution in [0.5, 0.6) is 5.75 Å². The Morgan fingerprint density at radius 1 is 1.26 bits per heavy atom. The summed E-state index contributed by atoms with van der Waals surface area (Å²) >= 11 is 2.80. The Hall–Kier alpha value is -2.98. The van der Waals surface area contributed by atoms with Gasteiger partial charge >= 0.3 is 0 Å². The highest BCUT2D eigenvalue weighted by Crippen LogP contribution is 2.34. The zero-order valence-corrected chi connectivity index (χ0v) is 18.4. The summed E-state index contributed by atoms with van der Waals surface area (Å²) in [6.45, 7) is 0.428. The molecule has 1 fully saturated rings. The van der Waals surface area contributed by atoms with Crippen molar-refractivity contribution in [1.82, 2.24) is 10.2 Å². The van der Waals surface area contributed by atoms with E-state index in [2.05, 4.69) is 15.5 Å². The highest BCUT2D eigenvalue weighted by Gasteiger charge is 2.34. The topological polar surface area (TPSA) is 84.4 Å². The molecule has 3 aromatic rings. The van der Waals surface area contributed by atoms with Gasteiger partial charge in [-0.1, -0.05) is 11.3 Å². The standard InChI is InChI=1S/C21H19FN4O3S2/c1-29-17-10-15(30-2)7-8-16(17)19(28)23-21-25-24-20(31-21)12-9-18(27)26(11-12)14-5-3-13(22)4-6-14/h3-8,10,12H,9,11H2,1-2H3,(H,23,25,28). The minimum Gasteiger partial charge on any atom is -0.496 e. The molecule has 2 aromatic carbocycles. The quantitative estimate of drug-likeness (QED) is 0.558. The van der Waals surface area contributed by atoms with Gasteiger partial charge in [-0.3, -0.25) is 14.9 Å². The van der Waals surface area contributed by atoms with Gasteiger partial charge in [0.05, 0.1) is 12.7 Å². The molecule has 1 N–H and O–H groups in total. The zero-order valence-electron chi connectivity index (χ0n) is 16.8. The number of halogens is 1. The Kier molecular flexibility index (Phi) is 6.19. The number of nitrogens with zero attached hydrogens (tertiary/aromatic N) is 3. The minimum atomic E-state index is -0.351. The maximum absolute atomic E-state index is 13.2. The van der Waals surface area contributed by atoms with Crippen LogP contribution >= 0.6 is 23.1 Å². The first-order valence-electron chi connectivity index (χ1n) is 9.41. The molecule has 1 atom stereocenters. The fourth-order valence-electron chi connectivity index (χ4n) is 3.34. The van der Waals surface area contributed by atoms with Crippen LogP contribution in [0, 0.1) is 5.82 Å². The van der Waals surface area contributed by atoms with E-state index in [-0.39, 0.29) is 30.0 Å². The van der Waals surface area contributed by atoms with Crippen molar-refractivity contribution in [2.75, 3.05) is 30.1 Å². The fraction of sp³-hybridized carbons (Fsp3) is 0.238. The van der Waals surface area contributed by atoms with Gasteiger partial charge in [0.1, 0.15) is 16.6 Å². The van der Waals surface area contributed by atoms with Crippen molar-refractivity contribution < 1.29 is 18.7 Å². The highest BCUT2D eigenvalue weighted by atomic mass is 32.2. The van der Waals surface area contributed by atoms with Crippen molar-refractivity contribution in [1.29, 1.82) is 0 Å². The van der Waals surface area contributed by atoms with Gasteiger partial charge in [-0.25, -0.2) is 4.39 Å². The number of carbonyl (C=O) groups is 2. The van der Waals surface area contributed by atoms with Crippen LogP contribution in [-0.2, 0) is 4.79 Å². The van der Waals surface area contributed by atoms with Gasteiger partial charge in [0.2, 0.25) is 11.0 Å². The van der Waals surface area contributed by atoms with E-state index in [0.717, 1.165) is 4.90 Å². The lowest BCUT2D eigenvalue weighted by Gasteiger charge is -2.16. The van der Waals surface area contributed by atoms with Crippen LogP contribution in [0.15, 0.2) is 47.4 Å². The van der Waals surface area contributed by atoms with E-state index >= 15 is 0 Å². The number of benzene rings is 2. The number of anilines is 2. The predicted molar refractivity (Wildman–Crippen MR) is 119 cm³/mol. The SMILES string of the molecule is COc1cc(SC)ccc1C(=O)Nc1nnc(C2CC(=O)N(c3ccc(F)cc3)C2)s1. The largest absolute Gasteiger partial charge is 0.496 e. The number of aromatic nitrogens is 2. The predicted octanol–water partition coefficient (Wildman–Crippen LogP) is 4.18. The summed E-state index contributed by atoms with van der Waals surface area (Å²) < 4.78 is 18.5. The molecule has 0 saturated carbocycles. The fourth-order valence-corrected chi connectivity index (χ4v) is 4.60. The zero-order chi connectivity index (χ0) is 22.0. The van der Waals surface area contributed by atoms with Crippen LogP contribution in [0.4, 0.5) is 15.2 Å². The number of hydrogen-bond acceptors (Lipinski definition) is 7. The van der Waals surface area contributed by atoms with Crippen molar-refractivity contribution in [3.05, 3.63) is 58.9 Å². The van der Waals surface area contributed by atoms with Crippen molar-refractivity contribution >= 4 is 45.7 Å². The second-order valence-corrected chi connectivity index (χ2v) is 8.74. The first-order valence-corrected chi connectivity index (χ1v) is 11.5. The summed E-state index contributed by atoms with van der Waals surface area (Å²) in [5.41, 5.74) is 1.04. The molecule has 1 aliphatic heterocycles. The molecule has 31 heavy (non-hydrogen) atoms. The van der Waals surface area contributed by atoms with Gasteiger partial charge in [-0.2, -0.15) is 0 Å². The summed E-state index contributed by atoms with van der Waals surface area (Å²) in [6, 6.07) is 11.2. The molecule has 2 heterocycles. The molecule has 160 valence electrons. The molecule has 0 bridgehead atoms. The monoisotopic (exact) mass is 458 g/mol. The molecular weight excluding hydrogens is 439 g/mol. The number of hydrogen-bond donors (Lipinski definition) is 1. The van der Waals surface area contributed by atoms with Crippen LogP contribution in [0.3, 0.4) is 0 Å². The van der Waals surface area contributed by atoms with E-state index < -0.39 is 0 Å². The van der Waals surface area contributed by atoms with E-state index in [1.54, 1.807) is 40.9 Å². The normalized spacial score (nSPS) is 15.9. The Balaban J connectivity index is 1.46. The molecule has 0 aliphatic carbocycles. The summed E-state index contributed by atoms with van der Waals surface area (Å²) in [5, 5.41) is 12.0. The summed E-state index contributed by atoms with van der Waals surface area (Å²) in [4.78, 5) is 27.7. The third kappa shape index (κ3) is 4.54. The molecule has 10 heteroatoms. The van der Waals surface area contributed by atoms with Crippen LogP contribution in [0.25, 0.3) is 0 Å². The second kappa shape index (κ2) is 9.03. The second-order valence-electron chi connectivity index (χ2n) is 6.85. The number of carbonyl (C=O) groups excluding carboxylic acids is 2. The van der Waals surface area contributed by atoms with Gasteiger partial charge in [0.25, 0.3) is 5.91 Å². The number of thioether (sulfide) groups is 1. The van der Waals surface area contributed by atoms with E-state index in [1.807, 2.05) is 12.3 Å². The van der Waals surface area contributed by atoms with E-state index in [1.165, 1.54) is 30.6 Å². The molecule has 7 nitrogen and oxygen atoms in total. The molecule has 1 saturated heterocycles. The maximum Gasteiger partial charge on any atom is 0.261 e. The lowest BCUT2D eigenvalue weighted by atomic mass is 10.1. The molecule has 4 rings (SSSR count). The van der Waals surface area contributed by atoms with Gasteiger partial charge in [0.15, 0.2) is 0 Å². The highest BCUT2D eigenvalue weighted by molar-refractivity contribution is 7.98. The Labute approximate surface area is 186 Å². The first-order chi connectivity index (χ1) is 15.0. The smallest absolute Gasteiger partial charge is 0.261 e. The summed E-state index contributed by atoms with van der Waals surface area (Å²) in [7, 11) is 1.52. The van der Waals surface area contributed by atoms with Crippen LogP contribution in [-0.4, -0.2) is 41.9 Å². The molecule has 0 radical (unpaired) electrons. The van der Waals surface area contributed by atoms with Gasteiger partial charge < -0.3 is 9.64 Å². The average Bonchev–Trinajstić information content (AvgIpc) is 3.40. The summed E-state index contributed by atoms with van der Waals surface area (Å²) in [6.07, 6.45) is 2.23. The maximum atomic E-state index is 13.2. The molecule has 2 amide bonds. The van der Waals surface area contributed by atoms with Crippen molar-refractivity contribution in [3.8, 4) is 5.75 Å². The van der Waals surface area contributed by atoms with Crippen LogP contribution in [0.2, 0.25) is 0 Å². The third-order valence-electron chi connectivity index (χ3n) is 4.93.